The van der Waals surface area contributed by atoms with E-state index in [1.54, 1.807) is 19.2 Å². The highest BCUT2D eigenvalue weighted by Crippen LogP contribution is 2.25. The van der Waals surface area contributed by atoms with Gasteiger partial charge in [0.1, 0.15) is 5.75 Å². The maximum absolute atomic E-state index is 12.4. The molecule has 0 heterocycles. The summed E-state index contributed by atoms with van der Waals surface area (Å²) in [5.41, 5.74) is 2.32. The number of benzene rings is 2. The van der Waals surface area contributed by atoms with Crippen molar-refractivity contribution in [3.05, 3.63) is 58.1 Å². The lowest BCUT2D eigenvalue weighted by Crippen LogP contribution is -2.14. The van der Waals surface area contributed by atoms with Crippen molar-refractivity contribution < 1.29 is 9.53 Å². The van der Waals surface area contributed by atoms with E-state index in [2.05, 4.69) is 37.2 Å². The molecule has 2 rings (SSSR count). The Morgan fingerprint density at radius 3 is 2.70 bits per heavy atom. The van der Waals surface area contributed by atoms with Gasteiger partial charge in [0.2, 0.25) is 0 Å². The molecule has 0 fully saturated rings. The third-order valence-electron chi connectivity index (χ3n) is 2.82. The summed E-state index contributed by atoms with van der Waals surface area (Å²) < 4.78 is 6.11. The Morgan fingerprint density at radius 2 is 2.00 bits per heavy atom. The van der Waals surface area contributed by atoms with Gasteiger partial charge in [-0.3, -0.25) is 4.79 Å². The quantitative estimate of drug-likeness (QED) is 0.764. The van der Waals surface area contributed by atoms with Crippen LogP contribution in [0.1, 0.15) is 15.9 Å². The number of anilines is 1. The molecule has 5 heteroatoms. The van der Waals surface area contributed by atoms with Crippen LogP contribution >= 0.6 is 31.9 Å². The Morgan fingerprint density at radius 1 is 1.25 bits per heavy atom. The third-order valence-corrected chi connectivity index (χ3v) is 3.92. The predicted octanol–water partition coefficient (Wildman–Crippen LogP) is 4.60. The van der Waals surface area contributed by atoms with E-state index in [9.17, 15) is 4.79 Å². The van der Waals surface area contributed by atoms with Crippen LogP contribution in [0.4, 0.5) is 5.69 Å². The summed E-state index contributed by atoms with van der Waals surface area (Å²) >= 11 is 6.77. The molecule has 0 spiro atoms. The fraction of sp³-hybridized carbons (Fsp3) is 0.133. The Hall–Kier alpha value is -1.33. The number of methoxy groups -OCH3 is 1. The van der Waals surface area contributed by atoms with Crippen LogP contribution in [0.3, 0.4) is 0 Å². The number of amides is 1. The summed E-state index contributed by atoms with van der Waals surface area (Å²) in [4.78, 5) is 12.4. The topological polar surface area (TPSA) is 38.3 Å². The summed E-state index contributed by atoms with van der Waals surface area (Å²) in [5.74, 6) is 0.343. The minimum absolute atomic E-state index is 0.192. The first-order valence-electron chi connectivity index (χ1n) is 5.94. The number of carbonyl (C=O) groups is 1. The van der Waals surface area contributed by atoms with Gasteiger partial charge in [0.05, 0.1) is 12.7 Å². The molecule has 1 amide bonds. The summed E-state index contributed by atoms with van der Waals surface area (Å²) in [7, 11) is 1.55. The first kappa shape index (κ1) is 15.1. The Labute approximate surface area is 134 Å². The van der Waals surface area contributed by atoms with Crippen molar-refractivity contribution >= 4 is 43.5 Å². The van der Waals surface area contributed by atoms with Crippen molar-refractivity contribution in [1.29, 1.82) is 0 Å². The zero-order valence-corrected chi connectivity index (χ0v) is 14.0. The SMILES string of the molecule is COc1cc(Br)ccc1C(=O)Nc1ccccc1CBr. The Kier molecular flexibility index (Phi) is 5.20. The third kappa shape index (κ3) is 3.41. The molecule has 20 heavy (non-hydrogen) atoms. The van der Waals surface area contributed by atoms with Gasteiger partial charge in [-0.25, -0.2) is 0 Å². The lowest BCUT2D eigenvalue weighted by molar-refractivity contribution is 0.102. The number of hydrogen-bond donors (Lipinski definition) is 1. The van der Waals surface area contributed by atoms with Crippen LogP contribution in [0, 0.1) is 0 Å². The zero-order valence-electron chi connectivity index (χ0n) is 10.8. The van der Waals surface area contributed by atoms with Gasteiger partial charge >= 0.3 is 0 Å². The van der Waals surface area contributed by atoms with E-state index in [-0.39, 0.29) is 5.91 Å². The molecule has 3 nitrogen and oxygen atoms in total. The molecule has 2 aromatic carbocycles. The van der Waals surface area contributed by atoms with Gasteiger partial charge in [-0.2, -0.15) is 0 Å². The van der Waals surface area contributed by atoms with Crippen LogP contribution in [0.25, 0.3) is 0 Å². The van der Waals surface area contributed by atoms with Crippen LogP contribution in [-0.4, -0.2) is 13.0 Å². The maximum atomic E-state index is 12.4. The molecular weight excluding hydrogens is 386 g/mol. The van der Waals surface area contributed by atoms with Crippen LogP contribution in [0.15, 0.2) is 46.9 Å². The second-order valence-corrected chi connectivity index (χ2v) is 5.57. The maximum Gasteiger partial charge on any atom is 0.259 e. The van der Waals surface area contributed by atoms with Crippen molar-refractivity contribution in [2.45, 2.75) is 5.33 Å². The first-order chi connectivity index (χ1) is 9.65. The molecule has 0 saturated carbocycles. The second kappa shape index (κ2) is 6.90. The molecule has 0 aliphatic heterocycles. The van der Waals surface area contributed by atoms with E-state index in [4.69, 9.17) is 4.74 Å². The normalized spacial score (nSPS) is 10.2. The predicted molar refractivity (Wildman–Crippen MR) is 87.7 cm³/mol. The lowest BCUT2D eigenvalue weighted by Gasteiger charge is -2.12. The average Bonchev–Trinajstić information content (AvgIpc) is 2.47. The minimum atomic E-state index is -0.192. The van der Waals surface area contributed by atoms with Gasteiger partial charge in [0.15, 0.2) is 0 Å². The Balaban J connectivity index is 2.28. The largest absolute Gasteiger partial charge is 0.496 e. The van der Waals surface area contributed by atoms with Crippen molar-refractivity contribution in [1.82, 2.24) is 0 Å². The average molecular weight is 399 g/mol. The molecule has 0 aliphatic rings. The zero-order chi connectivity index (χ0) is 14.5. The highest BCUT2D eigenvalue weighted by Gasteiger charge is 2.13. The number of alkyl halides is 1. The number of halogens is 2. The fourth-order valence-corrected chi connectivity index (χ4v) is 2.63. The smallest absolute Gasteiger partial charge is 0.259 e. The number of para-hydroxylation sites is 1. The van der Waals surface area contributed by atoms with Gasteiger partial charge in [0.25, 0.3) is 5.91 Å². The standard InChI is InChI=1S/C15H13Br2NO2/c1-20-14-8-11(17)6-7-12(14)15(19)18-13-5-3-2-4-10(13)9-16/h2-8H,9H2,1H3,(H,18,19). The molecule has 0 radical (unpaired) electrons. The van der Waals surface area contributed by atoms with Crippen LogP contribution < -0.4 is 10.1 Å². The van der Waals surface area contributed by atoms with Crippen molar-refractivity contribution in [2.24, 2.45) is 0 Å². The molecule has 2 aromatic rings. The molecule has 0 atom stereocenters. The van der Waals surface area contributed by atoms with E-state index < -0.39 is 0 Å². The van der Waals surface area contributed by atoms with Gasteiger partial charge in [-0.05, 0) is 29.8 Å². The molecule has 0 aromatic heterocycles. The molecular formula is C15H13Br2NO2. The van der Waals surface area contributed by atoms with E-state index in [1.165, 1.54) is 0 Å². The van der Waals surface area contributed by atoms with Gasteiger partial charge in [-0.15, -0.1) is 0 Å². The molecule has 0 saturated heterocycles. The van der Waals surface area contributed by atoms with Crippen molar-refractivity contribution in [3.63, 3.8) is 0 Å². The summed E-state index contributed by atoms with van der Waals surface area (Å²) in [5, 5.41) is 3.59. The number of hydrogen-bond acceptors (Lipinski definition) is 2. The van der Waals surface area contributed by atoms with Crippen molar-refractivity contribution in [3.8, 4) is 5.75 Å². The fourth-order valence-electron chi connectivity index (χ4n) is 1.80. The number of ether oxygens (including phenoxy) is 1. The lowest BCUT2D eigenvalue weighted by atomic mass is 10.1. The Bertz CT molecular complexity index is 629. The molecule has 104 valence electrons. The first-order valence-corrected chi connectivity index (χ1v) is 7.86. The van der Waals surface area contributed by atoms with Crippen LogP contribution in [-0.2, 0) is 5.33 Å². The molecule has 0 aliphatic carbocycles. The van der Waals surface area contributed by atoms with Crippen LogP contribution in [0.2, 0.25) is 0 Å². The van der Waals surface area contributed by atoms with E-state index in [0.717, 1.165) is 15.7 Å². The van der Waals surface area contributed by atoms with Gasteiger partial charge in [-0.1, -0.05) is 50.1 Å². The van der Waals surface area contributed by atoms with Gasteiger partial charge in [0, 0.05) is 15.5 Å². The van der Waals surface area contributed by atoms with E-state index in [1.807, 2.05) is 30.3 Å². The summed E-state index contributed by atoms with van der Waals surface area (Å²) in [6.07, 6.45) is 0. The van der Waals surface area contributed by atoms with E-state index in [0.29, 0.717) is 16.6 Å². The number of nitrogens with one attached hydrogen (secondary N) is 1. The number of carbonyl (C=O) groups excluding carboxylic acids is 1. The second-order valence-electron chi connectivity index (χ2n) is 4.09. The summed E-state index contributed by atoms with van der Waals surface area (Å²) in [6, 6.07) is 13.0. The van der Waals surface area contributed by atoms with Crippen molar-refractivity contribution in [2.75, 3.05) is 12.4 Å². The molecule has 0 bridgehead atoms. The van der Waals surface area contributed by atoms with Crippen LogP contribution in [0.5, 0.6) is 5.75 Å². The monoisotopic (exact) mass is 397 g/mol. The highest BCUT2D eigenvalue weighted by atomic mass is 79.9. The summed E-state index contributed by atoms with van der Waals surface area (Å²) in [6.45, 7) is 0. The molecule has 0 unspecified atom stereocenters. The van der Waals surface area contributed by atoms with Gasteiger partial charge < -0.3 is 10.1 Å². The van der Waals surface area contributed by atoms with E-state index >= 15 is 0 Å². The highest BCUT2D eigenvalue weighted by molar-refractivity contribution is 9.10. The molecule has 1 N–H and O–H groups in total. The minimum Gasteiger partial charge on any atom is -0.496 e. The number of rotatable bonds is 4.